The smallest absolute Gasteiger partial charge is 0.138 e. The largest absolute Gasteiger partial charge is 0.327 e. The Morgan fingerprint density at radius 2 is 2.21 bits per heavy atom. The van der Waals surface area contributed by atoms with Crippen molar-refractivity contribution in [3.8, 4) is 0 Å². The van der Waals surface area contributed by atoms with Gasteiger partial charge in [0.1, 0.15) is 12.2 Å². The first-order valence-corrected chi connectivity index (χ1v) is 5.29. The molecule has 1 aromatic heterocycles. The normalized spacial score (nSPS) is 13.5. The van der Waals surface area contributed by atoms with Crippen LogP contribution in [-0.4, -0.2) is 20.8 Å². The Kier molecular flexibility index (Phi) is 4.07. The zero-order valence-electron chi connectivity index (χ0n) is 9.27. The highest BCUT2D eigenvalue weighted by Gasteiger charge is 2.10. The van der Waals surface area contributed by atoms with Crippen molar-refractivity contribution in [3.05, 3.63) is 12.2 Å². The second-order valence-corrected chi connectivity index (χ2v) is 3.97. The van der Waals surface area contributed by atoms with Crippen LogP contribution in [0, 0.1) is 0 Å². The molecule has 1 rings (SSSR count). The minimum atomic E-state index is 0.210. The molecule has 1 atom stereocenters. The van der Waals surface area contributed by atoms with Gasteiger partial charge in [0.05, 0.1) is 0 Å². The van der Waals surface area contributed by atoms with Crippen LogP contribution in [0.3, 0.4) is 0 Å². The molecule has 0 aliphatic rings. The summed E-state index contributed by atoms with van der Waals surface area (Å²) in [4.78, 5) is 4.23. The van der Waals surface area contributed by atoms with Crippen molar-refractivity contribution in [2.75, 3.05) is 0 Å². The topological polar surface area (TPSA) is 56.7 Å². The molecule has 0 amide bonds. The Morgan fingerprint density at radius 3 is 2.79 bits per heavy atom. The summed E-state index contributed by atoms with van der Waals surface area (Å²) < 4.78 is 1.94. The summed E-state index contributed by atoms with van der Waals surface area (Å²) >= 11 is 0. The fourth-order valence-corrected chi connectivity index (χ4v) is 1.56. The fraction of sp³-hybridized carbons (Fsp3) is 0.800. The Bertz CT molecular complexity index is 267. The number of nitrogens with zero attached hydrogens (tertiary/aromatic N) is 3. The van der Waals surface area contributed by atoms with Crippen LogP contribution < -0.4 is 5.73 Å². The van der Waals surface area contributed by atoms with Gasteiger partial charge in [0, 0.05) is 18.5 Å². The van der Waals surface area contributed by atoms with Crippen molar-refractivity contribution in [1.82, 2.24) is 14.8 Å². The molecule has 0 saturated carbocycles. The Labute approximate surface area is 85.5 Å². The summed E-state index contributed by atoms with van der Waals surface area (Å²) in [5, 5.41) is 4.18. The van der Waals surface area contributed by atoms with Gasteiger partial charge in [0.25, 0.3) is 0 Å². The third-order valence-corrected chi connectivity index (χ3v) is 2.24. The van der Waals surface area contributed by atoms with E-state index in [2.05, 4.69) is 30.9 Å². The third-order valence-electron chi connectivity index (χ3n) is 2.24. The standard InChI is InChI=1S/C10H20N4/c1-4-5-9(11)6-10-12-7-13-14(10)8(2)3/h7-9H,4-6,11H2,1-3H3. The summed E-state index contributed by atoms with van der Waals surface area (Å²) in [5.41, 5.74) is 5.96. The van der Waals surface area contributed by atoms with Crippen LogP contribution in [-0.2, 0) is 6.42 Å². The van der Waals surface area contributed by atoms with E-state index in [1.165, 1.54) is 0 Å². The van der Waals surface area contributed by atoms with Gasteiger partial charge in [-0.3, -0.25) is 0 Å². The van der Waals surface area contributed by atoms with Gasteiger partial charge in [-0.1, -0.05) is 13.3 Å². The van der Waals surface area contributed by atoms with Crippen LogP contribution in [0.25, 0.3) is 0 Å². The summed E-state index contributed by atoms with van der Waals surface area (Å²) in [7, 11) is 0. The van der Waals surface area contributed by atoms with E-state index in [0.29, 0.717) is 6.04 Å². The molecule has 0 aliphatic carbocycles. The minimum Gasteiger partial charge on any atom is -0.327 e. The second-order valence-electron chi connectivity index (χ2n) is 3.97. The third kappa shape index (κ3) is 2.80. The molecule has 0 spiro atoms. The molecule has 0 saturated heterocycles. The van der Waals surface area contributed by atoms with Crippen molar-refractivity contribution in [1.29, 1.82) is 0 Å². The molecular weight excluding hydrogens is 176 g/mol. The molecule has 0 aliphatic heterocycles. The molecule has 0 fully saturated rings. The summed E-state index contributed by atoms with van der Waals surface area (Å²) in [5.74, 6) is 1.00. The SMILES string of the molecule is CCCC(N)Cc1ncnn1C(C)C. The van der Waals surface area contributed by atoms with E-state index in [9.17, 15) is 0 Å². The van der Waals surface area contributed by atoms with Crippen molar-refractivity contribution in [3.63, 3.8) is 0 Å². The molecule has 1 aromatic rings. The Balaban J connectivity index is 2.61. The van der Waals surface area contributed by atoms with Gasteiger partial charge in [0.2, 0.25) is 0 Å². The lowest BCUT2D eigenvalue weighted by molar-refractivity contribution is 0.482. The fourth-order valence-electron chi connectivity index (χ4n) is 1.56. The summed E-state index contributed by atoms with van der Waals surface area (Å²) in [6.45, 7) is 6.35. The average Bonchev–Trinajstić information content (AvgIpc) is 2.52. The van der Waals surface area contributed by atoms with Crippen molar-refractivity contribution in [2.45, 2.75) is 52.1 Å². The van der Waals surface area contributed by atoms with Crippen molar-refractivity contribution >= 4 is 0 Å². The first kappa shape index (κ1) is 11.2. The maximum Gasteiger partial charge on any atom is 0.138 e. The first-order chi connectivity index (χ1) is 6.65. The molecule has 1 heterocycles. The van der Waals surface area contributed by atoms with Crippen LogP contribution >= 0.6 is 0 Å². The van der Waals surface area contributed by atoms with Gasteiger partial charge in [-0.2, -0.15) is 5.10 Å². The van der Waals surface area contributed by atoms with Gasteiger partial charge < -0.3 is 5.73 Å². The van der Waals surface area contributed by atoms with E-state index in [0.717, 1.165) is 25.1 Å². The van der Waals surface area contributed by atoms with Gasteiger partial charge >= 0.3 is 0 Å². The van der Waals surface area contributed by atoms with E-state index in [1.54, 1.807) is 6.33 Å². The lowest BCUT2D eigenvalue weighted by atomic mass is 10.1. The maximum absolute atomic E-state index is 5.96. The highest BCUT2D eigenvalue weighted by atomic mass is 15.3. The van der Waals surface area contributed by atoms with Gasteiger partial charge in [-0.05, 0) is 20.3 Å². The molecular formula is C10H20N4. The van der Waals surface area contributed by atoms with E-state index >= 15 is 0 Å². The molecule has 4 heteroatoms. The molecule has 1 unspecified atom stereocenters. The predicted octanol–water partition coefficient (Wildman–Crippen LogP) is 1.53. The van der Waals surface area contributed by atoms with Crippen LogP contribution in [0.2, 0.25) is 0 Å². The van der Waals surface area contributed by atoms with E-state index in [4.69, 9.17) is 5.73 Å². The average molecular weight is 196 g/mol. The van der Waals surface area contributed by atoms with Crippen LogP contribution in [0.5, 0.6) is 0 Å². The van der Waals surface area contributed by atoms with Crippen molar-refractivity contribution in [2.24, 2.45) is 5.73 Å². The number of aromatic nitrogens is 3. The minimum absolute atomic E-state index is 0.210. The maximum atomic E-state index is 5.96. The predicted molar refractivity (Wildman–Crippen MR) is 57.0 cm³/mol. The molecule has 14 heavy (non-hydrogen) atoms. The molecule has 2 N–H and O–H groups in total. The van der Waals surface area contributed by atoms with Crippen LogP contribution in [0.1, 0.15) is 45.5 Å². The van der Waals surface area contributed by atoms with E-state index in [1.807, 2.05) is 4.68 Å². The van der Waals surface area contributed by atoms with E-state index in [-0.39, 0.29) is 6.04 Å². The lowest BCUT2D eigenvalue weighted by Gasteiger charge is -2.12. The number of hydrogen-bond acceptors (Lipinski definition) is 3. The van der Waals surface area contributed by atoms with E-state index < -0.39 is 0 Å². The molecule has 80 valence electrons. The van der Waals surface area contributed by atoms with Gasteiger partial charge in [0.15, 0.2) is 0 Å². The number of hydrogen-bond donors (Lipinski definition) is 1. The Hall–Kier alpha value is -0.900. The number of nitrogens with two attached hydrogens (primary N) is 1. The van der Waals surface area contributed by atoms with Crippen LogP contribution in [0.4, 0.5) is 0 Å². The summed E-state index contributed by atoms with van der Waals surface area (Å²) in [6.07, 6.45) is 4.60. The van der Waals surface area contributed by atoms with Crippen LogP contribution in [0.15, 0.2) is 6.33 Å². The lowest BCUT2D eigenvalue weighted by Crippen LogP contribution is -2.25. The number of rotatable bonds is 5. The zero-order valence-corrected chi connectivity index (χ0v) is 9.27. The molecule has 0 radical (unpaired) electrons. The first-order valence-electron chi connectivity index (χ1n) is 5.29. The highest BCUT2D eigenvalue weighted by molar-refractivity contribution is 4.90. The quantitative estimate of drug-likeness (QED) is 0.777. The molecule has 0 aromatic carbocycles. The van der Waals surface area contributed by atoms with Gasteiger partial charge in [-0.25, -0.2) is 9.67 Å². The zero-order chi connectivity index (χ0) is 10.6. The van der Waals surface area contributed by atoms with Gasteiger partial charge in [-0.15, -0.1) is 0 Å². The summed E-state index contributed by atoms with van der Waals surface area (Å²) in [6, 6.07) is 0.572. The van der Waals surface area contributed by atoms with Crippen molar-refractivity contribution < 1.29 is 0 Å². The molecule has 0 bridgehead atoms. The second kappa shape index (κ2) is 5.10. The highest BCUT2D eigenvalue weighted by Crippen LogP contribution is 2.08. The Morgan fingerprint density at radius 1 is 1.50 bits per heavy atom. The molecule has 4 nitrogen and oxygen atoms in total. The monoisotopic (exact) mass is 196 g/mol.